The summed E-state index contributed by atoms with van der Waals surface area (Å²) in [7, 11) is 1.27. The van der Waals surface area contributed by atoms with E-state index in [0.717, 1.165) is 12.1 Å². The number of alkyl halides is 3. The van der Waals surface area contributed by atoms with Gasteiger partial charge in [-0.25, -0.2) is 14.4 Å². The van der Waals surface area contributed by atoms with Crippen LogP contribution in [0, 0.1) is 5.82 Å². The average Bonchev–Trinajstić information content (AvgIpc) is 2.39. The lowest BCUT2D eigenvalue weighted by atomic mass is 10.3. The number of rotatable bonds is 3. The average molecular weight is 302 g/mol. The summed E-state index contributed by atoms with van der Waals surface area (Å²) in [5.74, 6) is -2.52. The third-order valence-electron chi connectivity index (χ3n) is 2.42. The molecule has 0 fully saturated rings. The van der Waals surface area contributed by atoms with E-state index in [-0.39, 0.29) is 17.4 Å². The van der Waals surface area contributed by atoms with Crippen LogP contribution in [0.3, 0.4) is 0 Å². The molecule has 2 aromatic rings. The van der Waals surface area contributed by atoms with Gasteiger partial charge >= 0.3 is 6.18 Å². The second kappa shape index (κ2) is 5.43. The van der Waals surface area contributed by atoms with Crippen molar-refractivity contribution in [3.8, 4) is 5.75 Å². The van der Waals surface area contributed by atoms with Gasteiger partial charge in [-0.3, -0.25) is 0 Å². The highest BCUT2D eigenvalue weighted by molar-refractivity contribution is 5.60. The first-order chi connectivity index (χ1) is 9.79. The van der Waals surface area contributed by atoms with Crippen molar-refractivity contribution in [3.05, 3.63) is 35.9 Å². The SMILES string of the molecule is COc1cc(Nc2cc(N)nc(C(F)(F)F)n2)ccc1F. The van der Waals surface area contributed by atoms with Crippen molar-refractivity contribution in [2.75, 3.05) is 18.2 Å². The Balaban J connectivity index is 2.33. The molecule has 9 heteroatoms. The molecule has 5 nitrogen and oxygen atoms in total. The van der Waals surface area contributed by atoms with Crippen LogP contribution in [0.1, 0.15) is 5.82 Å². The van der Waals surface area contributed by atoms with Gasteiger partial charge in [0.15, 0.2) is 11.6 Å². The van der Waals surface area contributed by atoms with Crippen LogP contribution in [-0.4, -0.2) is 17.1 Å². The standard InChI is InChI=1S/C12H10F4N4O/c1-21-8-4-6(2-3-7(8)13)18-10-5-9(17)19-11(20-10)12(14,15)16/h2-5H,1H3,(H3,17,18,19,20). The zero-order valence-corrected chi connectivity index (χ0v) is 10.7. The van der Waals surface area contributed by atoms with Gasteiger partial charge in [0.05, 0.1) is 7.11 Å². The van der Waals surface area contributed by atoms with Crippen LogP contribution < -0.4 is 15.8 Å². The molecule has 2 rings (SSSR count). The summed E-state index contributed by atoms with van der Waals surface area (Å²) in [5, 5.41) is 2.58. The number of nitrogens with two attached hydrogens (primary N) is 1. The van der Waals surface area contributed by atoms with Gasteiger partial charge in [-0.1, -0.05) is 0 Å². The molecule has 0 bridgehead atoms. The van der Waals surface area contributed by atoms with Gasteiger partial charge in [-0.2, -0.15) is 13.2 Å². The highest BCUT2D eigenvalue weighted by atomic mass is 19.4. The Morgan fingerprint density at radius 2 is 1.90 bits per heavy atom. The number of nitrogens with zero attached hydrogens (tertiary/aromatic N) is 2. The first kappa shape index (κ1) is 14.8. The summed E-state index contributed by atoms with van der Waals surface area (Å²) in [6.07, 6.45) is -4.72. The largest absolute Gasteiger partial charge is 0.494 e. The molecule has 0 atom stereocenters. The van der Waals surface area contributed by atoms with Crippen molar-refractivity contribution in [1.29, 1.82) is 0 Å². The molecule has 1 aromatic carbocycles. The van der Waals surface area contributed by atoms with Gasteiger partial charge in [0.1, 0.15) is 11.6 Å². The Hall–Kier alpha value is -2.58. The van der Waals surface area contributed by atoms with Crippen molar-refractivity contribution in [2.24, 2.45) is 0 Å². The lowest BCUT2D eigenvalue weighted by Gasteiger charge is -2.11. The van der Waals surface area contributed by atoms with Gasteiger partial charge in [0.25, 0.3) is 0 Å². The second-order valence-electron chi connectivity index (χ2n) is 3.97. The molecular formula is C12H10F4N4O. The molecule has 0 unspecified atom stereocenters. The number of anilines is 3. The highest BCUT2D eigenvalue weighted by Gasteiger charge is 2.35. The Morgan fingerprint density at radius 3 is 2.52 bits per heavy atom. The molecule has 112 valence electrons. The van der Waals surface area contributed by atoms with Crippen LogP contribution in [0.4, 0.5) is 34.9 Å². The first-order valence-corrected chi connectivity index (χ1v) is 5.62. The topological polar surface area (TPSA) is 73.1 Å². The van der Waals surface area contributed by atoms with Crippen molar-refractivity contribution >= 4 is 17.3 Å². The van der Waals surface area contributed by atoms with Gasteiger partial charge in [0, 0.05) is 17.8 Å². The fourth-order valence-electron chi connectivity index (χ4n) is 1.54. The lowest BCUT2D eigenvalue weighted by Crippen LogP contribution is -2.13. The summed E-state index contributed by atoms with van der Waals surface area (Å²) >= 11 is 0. The van der Waals surface area contributed by atoms with Crippen LogP contribution in [0.15, 0.2) is 24.3 Å². The maximum absolute atomic E-state index is 13.2. The molecule has 0 saturated heterocycles. The van der Waals surface area contributed by atoms with E-state index in [9.17, 15) is 17.6 Å². The Kier molecular flexibility index (Phi) is 3.83. The first-order valence-electron chi connectivity index (χ1n) is 5.62. The predicted molar refractivity (Wildman–Crippen MR) is 67.7 cm³/mol. The van der Waals surface area contributed by atoms with E-state index in [1.807, 2.05) is 0 Å². The highest BCUT2D eigenvalue weighted by Crippen LogP contribution is 2.29. The number of aromatic nitrogens is 2. The summed E-state index contributed by atoms with van der Waals surface area (Å²) in [4.78, 5) is 6.43. The van der Waals surface area contributed by atoms with E-state index < -0.39 is 17.8 Å². The van der Waals surface area contributed by atoms with Crippen molar-refractivity contribution in [3.63, 3.8) is 0 Å². The normalized spacial score (nSPS) is 11.3. The fraction of sp³-hybridized carbons (Fsp3) is 0.167. The van der Waals surface area contributed by atoms with Crippen molar-refractivity contribution in [2.45, 2.75) is 6.18 Å². The molecule has 3 N–H and O–H groups in total. The van der Waals surface area contributed by atoms with Crippen LogP contribution in [0.5, 0.6) is 5.75 Å². The maximum Gasteiger partial charge on any atom is 0.451 e. The fourth-order valence-corrected chi connectivity index (χ4v) is 1.54. The number of methoxy groups -OCH3 is 1. The number of nitrogens with one attached hydrogen (secondary N) is 1. The monoisotopic (exact) mass is 302 g/mol. The summed E-state index contributed by atoms with van der Waals surface area (Å²) in [6.45, 7) is 0. The Labute approximate surface area is 116 Å². The van der Waals surface area contributed by atoms with E-state index >= 15 is 0 Å². The van der Waals surface area contributed by atoms with Gasteiger partial charge in [-0.05, 0) is 12.1 Å². The second-order valence-corrected chi connectivity index (χ2v) is 3.97. The Bertz CT molecular complexity index is 660. The van der Waals surface area contributed by atoms with E-state index in [1.165, 1.54) is 19.2 Å². The number of benzene rings is 1. The van der Waals surface area contributed by atoms with Gasteiger partial charge < -0.3 is 15.8 Å². The predicted octanol–water partition coefficient (Wildman–Crippen LogP) is 2.97. The summed E-state index contributed by atoms with van der Waals surface area (Å²) < 4.78 is 55.8. The zero-order chi connectivity index (χ0) is 15.6. The molecule has 0 radical (unpaired) electrons. The van der Waals surface area contributed by atoms with E-state index in [2.05, 4.69) is 15.3 Å². The van der Waals surface area contributed by atoms with Crippen LogP contribution >= 0.6 is 0 Å². The maximum atomic E-state index is 13.2. The number of ether oxygens (including phenoxy) is 1. The van der Waals surface area contributed by atoms with Crippen LogP contribution in [-0.2, 0) is 6.18 Å². The molecular weight excluding hydrogens is 292 g/mol. The molecule has 0 aliphatic rings. The minimum atomic E-state index is -4.72. The van der Waals surface area contributed by atoms with Crippen LogP contribution in [0.2, 0.25) is 0 Å². The van der Waals surface area contributed by atoms with E-state index in [4.69, 9.17) is 10.5 Å². The third kappa shape index (κ3) is 3.50. The van der Waals surface area contributed by atoms with Crippen LogP contribution in [0.25, 0.3) is 0 Å². The third-order valence-corrected chi connectivity index (χ3v) is 2.42. The molecule has 0 aliphatic heterocycles. The number of halogens is 4. The quantitative estimate of drug-likeness (QED) is 0.853. The van der Waals surface area contributed by atoms with E-state index in [1.54, 1.807) is 0 Å². The minimum absolute atomic E-state index is 0.0573. The molecule has 0 aliphatic carbocycles. The molecule has 0 spiro atoms. The zero-order valence-electron chi connectivity index (χ0n) is 10.7. The van der Waals surface area contributed by atoms with Crippen molar-refractivity contribution in [1.82, 2.24) is 9.97 Å². The summed E-state index contributed by atoms with van der Waals surface area (Å²) in [5.41, 5.74) is 5.61. The smallest absolute Gasteiger partial charge is 0.451 e. The van der Waals surface area contributed by atoms with Gasteiger partial charge in [-0.15, -0.1) is 0 Å². The number of hydrogen-bond acceptors (Lipinski definition) is 5. The lowest BCUT2D eigenvalue weighted by molar-refractivity contribution is -0.144. The molecule has 0 saturated carbocycles. The molecule has 1 heterocycles. The Morgan fingerprint density at radius 1 is 1.19 bits per heavy atom. The number of nitrogen functional groups attached to an aromatic ring is 1. The van der Waals surface area contributed by atoms with E-state index in [0.29, 0.717) is 5.69 Å². The summed E-state index contributed by atoms with van der Waals surface area (Å²) in [6, 6.07) is 4.84. The number of hydrogen-bond donors (Lipinski definition) is 2. The minimum Gasteiger partial charge on any atom is -0.494 e. The van der Waals surface area contributed by atoms with Gasteiger partial charge in [0.2, 0.25) is 5.82 Å². The molecule has 21 heavy (non-hydrogen) atoms. The molecule has 1 aromatic heterocycles. The van der Waals surface area contributed by atoms with Crippen molar-refractivity contribution < 1.29 is 22.3 Å². The molecule has 0 amide bonds.